The number of hydrogen-bond donors (Lipinski definition) is 3. The summed E-state index contributed by atoms with van der Waals surface area (Å²) in [6.45, 7) is 2.54. The highest BCUT2D eigenvalue weighted by Crippen LogP contribution is 2.51. The van der Waals surface area contributed by atoms with Gasteiger partial charge in [0.2, 0.25) is 0 Å². The van der Waals surface area contributed by atoms with E-state index in [0.29, 0.717) is 17.6 Å². The second-order valence-corrected chi connectivity index (χ2v) is 11.0. The van der Waals surface area contributed by atoms with Crippen molar-refractivity contribution < 1.29 is 24.3 Å². The zero-order chi connectivity index (χ0) is 20.5. The predicted molar refractivity (Wildman–Crippen MR) is 111 cm³/mol. The molecule has 0 bridgehead atoms. The molecule has 0 radical (unpaired) electrons. The van der Waals surface area contributed by atoms with Gasteiger partial charge in [-0.15, -0.1) is 0 Å². The fraction of sp³-hybridized carbons (Fsp3) is 0.591. The summed E-state index contributed by atoms with van der Waals surface area (Å²) in [5.74, 6) is 0.503. The molecule has 3 rings (SSSR count). The molecule has 0 saturated heterocycles. The van der Waals surface area contributed by atoms with Crippen LogP contribution >= 0.6 is 7.60 Å². The van der Waals surface area contributed by atoms with E-state index >= 15 is 0 Å². The molecule has 28 heavy (non-hydrogen) atoms. The Morgan fingerprint density at radius 2 is 1.43 bits per heavy atom. The molecule has 6 heteroatoms. The van der Waals surface area contributed by atoms with E-state index in [1.54, 1.807) is 6.08 Å². The third-order valence-electron chi connectivity index (χ3n) is 6.54. The lowest BCUT2D eigenvalue weighted by Gasteiger charge is -2.22. The molecule has 1 aromatic carbocycles. The van der Waals surface area contributed by atoms with Crippen LogP contribution in [0, 0.1) is 0 Å². The maximum absolute atomic E-state index is 12.4. The molecule has 1 aromatic rings. The molecule has 2 saturated carbocycles. The molecule has 2 aliphatic rings. The summed E-state index contributed by atoms with van der Waals surface area (Å²) in [7, 11) is -4.55. The highest BCUT2D eigenvalue weighted by molar-refractivity contribution is 7.54. The number of phenols is 1. The van der Waals surface area contributed by atoms with Crippen molar-refractivity contribution in [2.24, 2.45) is 0 Å². The van der Waals surface area contributed by atoms with Crippen LogP contribution in [0.2, 0.25) is 0 Å². The Kier molecular flexibility index (Phi) is 6.19. The summed E-state index contributed by atoms with van der Waals surface area (Å²) < 4.78 is 11.6. The quantitative estimate of drug-likeness (QED) is 0.443. The van der Waals surface area contributed by atoms with Crippen molar-refractivity contribution in [2.75, 3.05) is 0 Å². The Bertz CT molecular complexity index is 771. The van der Waals surface area contributed by atoms with Crippen LogP contribution in [0.25, 0.3) is 6.08 Å². The van der Waals surface area contributed by atoms with E-state index in [-0.39, 0.29) is 0 Å². The summed E-state index contributed by atoms with van der Waals surface area (Å²) in [5.41, 5.74) is 2.74. The topological polar surface area (TPSA) is 94.8 Å². The number of hydrogen-bond acceptors (Lipinski definition) is 3. The molecule has 0 aliphatic heterocycles. The third-order valence-corrected chi connectivity index (χ3v) is 8.22. The molecule has 0 unspecified atom stereocenters. The molecule has 0 aromatic heterocycles. The van der Waals surface area contributed by atoms with Gasteiger partial charge in [0.15, 0.2) is 5.78 Å². The average molecular weight is 406 g/mol. The largest absolute Gasteiger partial charge is 0.507 e. The van der Waals surface area contributed by atoms with Gasteiger partial charge in [-0.2, -0.15) is 0 Å². The number of phenolic OH excluding ortho intramolecular Hbond substituents is 1. The molecule has 2 aliphatic carbocycles. The standard InChI is InChI=1S/C22H31O5P/c1-22(2,28(25,26)27)20(23)12-11-15-13-18(16-7-3-4-8-16)21(24)19(14-15)17-9-5-6-10-17/h11-14,16-17,24H,3-10H2,1-2H3,(H2,25,26,27)/b12-11+. The molecule has 5 nitrogen and oxygen atoms in total. The van der Waals surface area contributed by atoms with Crippen LogP contribution in [0.5, 0.6) is 5.75 Å². The molecule has 3 N–H and O–H groups in total. The minimum absolute atomic E-state index is 0.343. The molecular weight excluding hydrogens is 375 g/mol. The molecular formula is C22H31O5P. The summed E-state index contributed by atoms with van der Waals surface area (Å²) in [5, 5.41) is 9.21. The highest BCUT2D eigenvalue weighted by atomic mass is 31.2. The van der Waals surface area contributed by atoms with E-state index in [2.05, 4.69) is 0 Å². The van der Waals surface area contributed by atoms with E-state index in [1.807, 2.05) is 12.1 Å². The third kappa shape index (κ3) is 4.27. The molecule has 2 fully saturated rings. The fourth-order valence-corrected chi connectivity index (χ4v) is 4.78. The van der Waals surface area contributed by atoms with E-state index in [9.17, 15) is 24.3 Å². The predicted octanol–water partition coefficient (Wildman–Crippen LogP) is 5.25. The number of benzene rings is 1. The molecule has 0 atom stereocenters. The van der Waals surface area contributed by atoms with Gasteiger partial charge in [0.1, 0.15) is 10.9 Å². The first-order valence-electron chi connectivity index (χ1n) is 10.3. The van der Waals surface area contributed by atoms with Crippen molar-refractivity contribution in [3.63, 3.8) is 0 Å². The van der Waals surface area contributed by atoms with Gasteiger partial charge in [-0.3, -0.25) is 9.36 Å². The van der Waals surface area contributed by atoms with Gasteiger partial charge in [-0.25, -0.2) is 0 Å². The lowest BCUT2D eigenvalue weighted by Crippen LogP contribution is -2.29. The van der Waals surface area contributed by atoms with Crippen LogP contribution in [0.15, 0.2) is 18.2 Å². The van der Waals surface area contributed by atoms with Crippen LogP contribution in [-0.2, 0) is 9.36 Å². The van der Waals surface area contributed by atoms with E-state index in [1.165, 1.54) is 19.9 Å². The van der Waals surface area contributed by atoms with Crippen LogP contribution < -0.4 is 0 Å². The number of ketones is 1. The molecule has 0 amide bonds. The number of carbonyl (C=O) groups excluding carboxylic acids is 1. The van der Waals surface area contributed by atoms with Gasteiger partial charge in [0, 0.05) is 0 Å². The zero-order valence-corrected chi connectivity index (χ0v) is 17.6. The Balaban J connectivity index is 1.96. The lowest BCUT2D eigenvalue weighted by atomic mass is 9.87. The second-order valence-electron chi connectivity index (χ2n) is 8.81. The fourth-order valence-electron chi connectivity index (χ4n) is 4.42. The van der Waals surface area contributed by atoms with Crippen molar-refractivity contribution in [1.82, 2.24) is 0 Å². The van der Waals surface area contributed by atoms with Crippen molar-refractivity contribution in [3.8, 4) is 5.75 Å². The van der Waals surface area contributed by atoms with Gasteiger partial charge in [-0.1, -0.05) is 31.8 Å². The number of aromatic hydroxyl groups is 1. The smallest absolute Gasteiger partial charge is 0.338 e. The van der Waals surface area contributed by atoms with Crippen LogP contribution in [-0.4, -0.2) is 25.8 Å². The summed E-state index contributed by atoms with van der Waals surface area (Å²) in [6, 6.07) is 3.88. The molecule has 0 spiro atoms. The average Bonchev–Trinajstić information content (AvgIpc) is 3.33. The molecule has 154 valence electrons. The van der Waals surface area contributed by atoms with E-state index in [0.717, 1.165) is 68.1 Å². The maximum Gasteiger partial charge on any atom is 0.338 e. The number of allylic oxidation sites excluding steroid dienone is 1. The van der Waals surface area contributed by atoms with Gasteiger partial charge in [0.05, 0.1) is 0 Å². The zero-order valence-electron chi connectivity index (χ0n) is 16.7. The molecule has 0 heterocycles. The monoisotopic (exact) mass is 406 g/mol. The van der Waals surface area contributed by atoms with Gasteiger partial charge >= 0.3 is 7.60 Å². The lowest BCUT2D eigenvalue weighted by molar-refractivity contribution is -0.116. The maximum atomic E-state index is 12.4. The Morgan fingerprint density at radius 3 is 1.82 bits per heavy atom. The van der Waals surface area contributed by atoms with Crippen LogP contribution in [0.1, 0.15) is 93.7 Å². The SMILES string of the molecule is CC(C)(C(=O)/C=C/c1cc(C2CCCC2)c(O)c(C2CCCC2)c1)P(=O)(O)O. The Hall–Kier alpha value is -1.42. The van der Waals surface area contributed by atoms with Crippen molar-refractivity contribution in [2.45, 2.75) is 82.2 Å². The van der Waals surface area contributed by atoms with Gasteiger partial charge < -0.3 is 14.9 Å². The van der Waals surface area contributed by atoms with Gasteiger partial charge in [0.25, 0.3) is 0 Å². The summed E-state index contributed by atoms with van der Waals surface area (Å²) in [6.07, 6.45) is 11.8. The first-order chi connectivity index (χ1) is 13.1. The Labute approximate surface area is 167 Å². The van der Waals surface area contributed by atoms with E-state index < -0.39 is 18.5 Å². The second kappa shape index (κ2) is 8.14. The number of rotatable bonds is 6. The summed E-state index contributed by atoms with van der Waals surface area (Å²) in [4.78, 5) is 31.3. The van der Waals surface area contributed by atoms with Crippen molar-refractivity contribution in [1.29, 1.82) is 0 Å². The van der Waals surface area contributed by atoms with Crippen LogP contribution in [0.4, 0.5) is 0 Å². The van der Waals surface area contributed by atoms with Crippen molar-refractivity contribution in [3.05, 3.63) is 34.9 Å². The van der Waals surface area contributed by atoms with Crippen LogP contribution in [0.3, 0.4) is 0 Å². The normalized spacial score (nSPS) is 19.7. The van der Waals surface area contributed by atoms with Crippen molar-refractivity contribution >= 4 is 19.5 Å². The first kappa shape index (κ1) is 21.3. The minimum Gasteiger partial charge on any atom is -0.507 e. The van der Waals surface area contributed by atoms with Gasteiger partial charge in [-0.05, 0) is 86.3 Å². The summed E-state index contributed by atoms with van der Waals surface area (Å²) >= 11 is 0. The van der Waals surface area contributed by atoms with E-state index in [4.69, 9.17) is 0 Å². The highest BCUT2D eigenvalue weighted by Gasteiger charge is 2.43. The first-order valence-corrected chi connectivity index (χ1v) is 11.9. The number of carbonyl (C=O) groups is 1. The minimum atomic E-state index is -4.55. The Morgan fingerprint density at radius 1 is 1.00 bits per heavy atom.